The smallest absolute Gasteiger partial charge is 0.480 e. The van der Waals surface area contributed by atoms with Crippen LogP contribution < -0.4 is 11.1 Å². The highest BCUT2D eigenvalue weighted by Gasteiger charge is 2.21. The van der Waals surface area contributed by atoms with Gasteiger partial charge in [0.1, 0.15) is 17.8 Å². The van der Waals surface area contributed by atoms with Crippen LogP contribution in [0, 0.1) is 5.92 Å². The van der Waals surface area contributed by atoms with E-state index in [1.54, 1.807) is 0 Å². The molecule has 0 radical (unpaired) electrons. The van der Waals surface area contributed by atoms with Gasteiger partial charge >= 0.3 is 19.3 Å². The minimum Gasteiger partial charge on any atom is -0.480 e. The van der Waals surface area contributed by atoms with Gasteiger partial charge in [-0.25, -0.2) is 9.78 Å². The van der Waals surface area contributed by atoms with Gasteiger partial charge in [0.15, 0.2) is 0 Å². The second kappa shape index (κ2) is 16.3. The number of hydrogen-bond donors (Lipinski definition) is 7. The Balaban J connectivity index is 0.000000657. The molecule has 0 saturated heterocycles. The number of carboxylic acids is 2. The summed E-state index contributed by atoms with van der Waals surface area (Å²) in [5, 5.41) is 41.4. The molecule has 0 saturated carbocycles. The van der Waals surface area contributed by atoms with E-state index in [4.69, 9.17) is 25.9 Å². The molecule has 1 amide bonds. The third-order valence-electron chi connectivity index (χ3n) is 3.72. The van der Waals surface area contributed by atoms with Gasteiger partial charge in [-0.1, -0.05) is 44.2 Å². The summed E-state index contributed by atoms with van der Waals surface area (Å²) in [5.41, 5.74) is 6.14. The van der Waals surface area contributed by atoms with Crippen molar-refractivity contribution < 1.29 is 39.7 Å². The maximum Gasteiger partial charge on any atom is 0.631 e. The number of hydrogen-bond acceptors (Lipinski definition) is 9. The first-order valence-corrected chi connectivity index (χ1v) is 9.80. The number of rotatable bonds is 8. The number of nitrogens with two attached hydrogens (primary N) is 1. The van der Waals surface area contributed by atoms with Crippen LogP contribution >= 0.6 is 0 Å². The summed E-state index contributed by atoms with van der Waals surface area (Å²) in [6, 6.07) is 7.40. The average Bonchev–Trinajstić information content (AvgIpc) is 2.74. The molecule has 33 heavy (non-hydrogen) atoms. The van der Waals surface area contributed by atoms with Crippen LogP contribution in [0.3, 0.4) is 0 Å². The van der Waals surface area contributed by atoms with Crippen molar-refractivity contribution in [2.45, 2.75) is 38.8 Å². The van der Waals surface area contributed by atoms with Crippen LogP contribution in [-0.4, -0.2) is 72.5 Å². The fraction of sp³-hybridized carbons (Fsp3) is 0.350. The molecule has 180 valence electrons. The fourth-order valence-corrected chi connectivity index (χ4v) is 2.31. The number of aromatic nitrogens is 2. The first-order chi connectivity index (χ1) is 15.4. The normalized spacial score (nSPS) is 11.6. The van der Waals surface area contributed by atoms with Gasteiger partial charge in [0.2, 0.25) is 0 Å². The van der Waals surface area contributed by atoms with Crippen LogP contribution in [0.5, 0.6) is 0 Å². The maximum atomic E-state index is 11.9. The Morgan fingerprint density at radius 3 is 2.00 bits per heavy atom. The van der Waals surface area contributed by atoms with Crippen LogP contribution in [0.15, 0.2) is 48.9 Å². The fourth-order valence-electron chi connectivity index (χ4n) is 2.31. The Kier molecular flexibility index (Phi) is 14.6. The first-order valence-electron chi connectivity index (χ1n) is 9.80. The molecule has 1 heterocycles. The van der Waals surface area contributed by atoms with Crippen molar-refractivity contribution in [1.82, 2.24) is 15.3 Å². The molecule has 0 bridgehead atoms. The predicted octanol–water partition coefficient (Wildman–Crippen LogP) is -0.705. The molecule has 0 unspecified atom stereocenters. The van der Waals surface area contributed by atoms with Crippen molar-refractivity contribution in [3.05, 3.63) is 60.2 Å². The number of benzene rings is 1. The van der Waals surface area contributed by atoms with E-state index in [-0.39, 0.29) is 12.1 Å². The third-order valence-corrected chi connectivity index (χ3v) is 3.72. The Hall–Kier alpha value is -3.39. The minimum absolute atomic E-state index is 0.0896. The van der Waals surface area contributed by atoms with Crippen molar-refractivity contribution in [3.8, 4) is 0 Å². The second-order valence-electron chi connectivity index (χ2n) is 7.07. The summed E-state index contributed by atoms with van der Waals surface area (Å²) in [6.07, 6.45) is 4.87. The molecule has 0 aliphatic heterocycles. The summed E-state index contributed by atoms with van der Waals surface area (Å²) in [5.74, 6) is -2.20. The standard InChI is InChI=1S/C14H13N3O3.C6H13NO2.BH3O3/c18-13(12-9-15-6-7-16-12)17-11(14(19)20)8-10-4-2-1-3-5-10;1-4(2)3-5(7)6(8)9;2-1(3)4/h1-7,9,11H,8H2,(H,17,18)(H,19,20);4-5H,3,7H2,1-2H3,(H,8,9);2-4H/t11-;5-;/m00./s1. The predicted molar refractivity (Wildman–Crippen MR) is 119 cm³/mol. The molecular formula is C20H29BN4O8. The molecular weight excluding hydrogens is 435 g/mol. The van der Waals surface area contributed by atoms with Crippen LogP contribution in [0.4, 0.5) is 0 Å². The Bertz CT molecular complexity index is 838. The van der Waals surface area contributed by atoms with E-state index in [1.807, 2.05) is 44.2 Å². The molecule has 2 atom stereocenters. The van der Waals surface area contributed by atoms with E-state index in [2.05, 4.69) is 15.3 Å². The van der Waals surface area contributed by atoms with Crippen molar-refractivity contribution in [3.63, 3.8) is 0 Å². The average molecular weight is 464 g/mol. The summed E-state index contributed by atoms with van der Waals surface area (Å²) < 4.78 is 0. The summed E-state index contributed by atoms with van der Waals surface area (Å²) in [6.45, 7) is 3.89. The number of nitrogens with one attached hydrogen (secondary N) is 1. The second-order valence-corrected chi connectivity index (χ2v) is 7.07. The molecule has 1 aromatic heterocycles. The maximum absolute atomic E-state index is 11.9. The van der Waals surface area contributed by atoms with E-state index in [1.165, 1.54) is 18.6 Å². The van der Waals surface area contributed by atoms with Gasteiger partial charge in [-0.15, -0.1) is 0 Å². The number of carbonyl (C=O) groups excluding carboxylic acids is 1. The third kappa shape index (κ3) is 15.1. The van der Waals surface area contributed by atoms with Crippen LogP contribution in [0.25, 0.3) is 0 Å². The molecule has 0 spiro atoms. The molecule has 0 aliphatic rings. The molecule has 2 aromatic rings. The molecule has 13 heteroatoms. The van der Waals surface area contributed by atoms with Crippen LogP contribution in [0.1, 0.15) is 36.3 Å². The SMILES string of the molecule is CC(C)C[C@H](N)C(=O)O.O=C(N[C@@H](Cc1ccccc1)C(=O)O)c1cnccn1.OB(O)O. The quantitative estimate of drug-likeness (QED) is 0.242. The number of nitrogens with zero attached hydrogens (tertiary/aromatic N) is 2. The number of aliphatic carboxylic acids is 2. The summed E-state index contributed by atoms with van der Waals surface area (Å²) in [4.78, 5) is 40.8. The number of carboxylic acid groups (broad SMARTS) is 2. The van der Waals surface area contributed by atoms with Crippen molar-refractivity contribution in [2.75, 3.05) is 0 Å². The molecule has 0 fully saturated rings. The van der Waals surface area contributed by atoms with Crippen LogP contribution in [-0.2, 0) is 16.0 Å². The highest BCUT2D eigenvalue weighted by molar-refractivity contribution is 6.30. The van der Waals surface area contributed by atoms with Crippen LogP contribution in [0.2, 0.25) is 0 Å². The van der Waals surface area contributed by atoms with Gasteiger partial charge in [-0.05, 0) is 17.9 Å². The molecule has 1 aromatic carbocycles. The monoisotopic (exact) mass is 464 g/mol. The Labute approximate surface area is 191 Å². The number of amides is 1. The van der Waals surface area contributed by atoms with Crippen molar-refractivity contribution in [2.24, 2.45) is 11.7 Å². The lowest BCUT2D eigenvalue weighted by Gasteiger charge is -2.14. The van der Waals surface area contributed by atoms with Gasteiger partial charge in [0.25, 0.3) is 5.91 Å². The van der Waals surface area contributed by atoms with Crippen molar-refractivity contribution >= 4 is 25.2 Å². The highest BCUT2D eigenvalue weighted by atomic mass is 16.5. The lowest BCUT2D eigenvalue weighted by Crippen LogP contribution is -2.42. The lowest BCUT2D eigenvalue weighted by atomic mass is 10.1. The minimum atomic E-state index is -2.17. The van der Waals surface area contributed by atoms with E-state index in [0.717, 1.165) is 5.56 Å². The van der Waals surface area contributed by atoms with E-state index < -0.39 is 37.3 Å². The van der Waals surface area contributed by atoms with Gasteiger partial charge in [-0.3, -0.25) is 14.6 Å². The zero-order valence-electron chi connectivity index (χ0n) is 18.3. The van der Waals surface area contributed by atoms with E-state index in [0.29, 0.717) is 12.3 Å². The lowest BCUT2D eigenvalue weighted by molar-refractivity contribution is -0.140. The first kappa shape index (κ1) is 29.6. The van der Waals surface area contributed by atoms with Gasteiger partial charge in [0.05, 0.1) is 6.20 Å². The van der Waals surface area contributed by atoms with Crippen molar-refractivity contribution in [1.29, 1.82) is 0 Å². The van der Waals surface area contributed by atoms with Gasteiger partial charge in [0, 0.05) is 18.8 Å². The van der Waals surface area contributed by atoms with E-state index >= 15 is 0 Å². The topological polar surface area (TPSA) is 216 Å². The van der Waals surface area contributed by atoms with Gasteiger partial charge in [-0.2, -0.15) is 0 Å². The summed E-state index contributed by atoms with van der Waals surface area (Å²) >= 11 is 0. The molecule has 2 rings (SSSR count). The zero-order chi connectivity index (χ0) is 25.4. The van der Waals surface area contributed by atoms with E-state index in [9.17, 15) is 19.5 Å². The molecule has 8 N–H and O–H groups in total. The highest BCUT2D eigenvalue weighted by Crippen LogP contribution is 2.04. The molecule has 12 nitrogen and oxygen atoms in total. The summed E-state index contributed by atoms with van der Waals surface area (Å²) in [7, 11) is -2.17. The number of carbonyl (C=O) groups is 3. The molecule has 0 aliphatic carbocycles. The Morgan fingerprint density at radius 1 is 1.03 bits per heavy atom. The largest absolute Gasteiger partial charge is 0.631 e. The zero-order valence-corrected chi connectivity index (χ0v) is 18.3. The Morgan fingerprint density at radius 2 is 1.61 bits per heavy atom. The van der Waals surface area contributed by atoms with Gasteiger partial charge < -0.3 is 36.3 Å².